The van der Waals surface area contributed by atoms with Gasteiger partial charge >= 0.3 is 0 Å². The highest BCUT2D eigenvalue weighted by atomic mass is 35.5. The molecule has 1 aromatic rings. The molecule has 0 bridgehead atoms. The second kappa shape index (κ2) is 5.89. The van der Waals surface area contributed by atoms with E-state index in [1.165, 1.54) is 18.2 Å². The standard InChI is InChI=1S/C13H14Cl2FNO/c14-8-4-1-2-7-11(8)17-13(18)12-9(15)5-3-6-10(12)16/h3,5-6,8,11H,1-2,4,7H2,(H,17,18). The van der Waals surface area contributed by atoms with Crippen molar-refractivity contribution in [3.05, 3.63) is 34.6 Å². The third-order valence-corrected chi connectivity index (χ3v) is 4.03. The van der Waals surface area contributed by atoms with Crippen molar-refractivity contribution in [3.8, 4) is 0 Å². The maximum absolute atomic E-state index is 13.6. The minimum atomic E-state index is -0.609. The first-order valence-electron chi connectivity index (χ1n) is 5.98. The Morgan fingerprint density at radius 2 is 2.06 bits per heavy atom. The molecule has 18 heavy (non-hydrogen) atoms. The molecule has 1 aromatic carbocycles. The highest BCUT2D eigenvalue weighted by Gasteiger charge is 2.26. The Kier molecular flexibility index (Phi) is 4.46. The zero-order valence-electron chi connectivity index (χ0n) is 9.76. The van der Waals surface area contributed by atoms with E-state index in [0.29, 0.717) is 0 Å². The van der Waals surface area contributed by atoms with Gasteiger partial charge in [-0.25, -0.2) is 4.39 Å². The number of alkyl halides is 1. The maximum atomic E-state index is 13.6. The van der Waals surface area contributed by atoms with Crippen LogP contribution in [0.15, 0.2) is 18.2 Å². The van der Waals surface area contributed by atoms with Crippen molar-refractivity contribution in [2.24, 2.45) is 0 Å². The van der Waals surface area contributed by atoms with E-state index < -0.39 is 11.7 Å². The van der Waals surface area contributed by atoms with E-state index in [0.717, 1.165) is 25.7 Å². The fourth-order valence-electron chi connectivity index (χ4n) is 2.20. The maximum Gasteiger partial charge on any atom is 0.256 e. The molecule has 1 amide bonds. The average Bonchev–Trinajstić information content (AvgIpc) is 2.32. The molecule has 0 radical (unpaired) electrons. The Morgan fingerprint density at radius 1 is 1.33 bits per heavy atom. The van der Waals surface area contributed by atoms with Crippen LogP contribution in [0.3, 0.4) is 0 Å². The number of benzene rings is 1. The predicted octanol–water partition coefficient (Wildman–Crippen LogP) is 3.76. The van der Waals surface area contributed by atoms with Gasteiger partial charge in [-0.2, -0.15) is 0 Å². The molecule has 1 N–H and O–H groups in total. The number of hydrogen-bond donors (Lipinski definition) is 1. The van der Waals surface area contributed by atoms with Crippen LogP contribution in [-0.4, -0.2) is 17.3 Å². The summed E-state index contributed by atoms with van der Waals surface area (Å²) in [7, 11) is 0. The molecular weight excluding hydrogens is 276 g/mol. The minimum Gasteiger partial charge on any atom is -0.348 e. The number of hydrogen-bond acceptors (Lipinski definition) is 1. The molecule has 0 aliphatic heterocycles. The SMILES string of the molecule is O=C(NC1CCCCC1Cl)c1c(F)cccc1Cl. The molecule has 2 unspecified atom stereocenters. The van der Waals surface area contributed by atoms with Gasteiger partial charge in [-0.1, -0.05) is 30.5 Å². The third kappa shape index (κ3) is 2.96. The molecule has 0 saturated heterocycles. The van der Waals surface area contributed by atoms with Gasteiger partial charge in [0.1, 0.15) is 5.82 Å². The molecule has 5 heteroatoms. The first-order chi connectivity index (χ1) is 8.59. The van der Waals surface area contributed by atoms with Crippen LogP contribution in [0, 0.1) is 5.82 Å². The molecule has 1 aliphatic rings. The summed E-state index contributed by atoms with van der Waals surface area (Å²) >= 11 is 12.0. The average molecular weight is 290 g/mol. The van der Waals surface area contributed by atoms with E-state index in [-0.39, 0.29) is 22.0 Å². The number of halogens is 3. The van der Waals surface area contributed by atoms with Crippen LogP contribution in [0.5, 0.6) is 0 Å². The van der Waals surface area contributed by atoms with Crippen LogP contribution < -0.4 is 5.32 Å². The van der Waals surface area contributed by atoms with Gasteiger partial charge in [-0.3, -0.25) is 4.79 Å². The van der Waals surface area contributed by atoms with Crippen LogP contribution in [-0.2, 0) is 0 Å². The summed E-state index contributed by atoms with van der Waals surface area (Å²) in [6, 6.07) is 4.08. The molecule has 0 spiro atoms. The molecule has 2 rings (SSSR count). The van der Waals surface area contributed by atoms with E-state index in [1.807, 2.05) is 0 Å². The van der Waals surface area contributed by atoms with Crippen LogP contribution >= 0.6 is 23.2 Å². The van der Waals surface area contributed by atoms with E-state index in [9.17, 15) is 9.18 Å². The van der Waals surface area contributed by atoms with Gasteiger partial charge in [0.05, 0.1) is 16.0 Å². The molecular formula is C13H14Cl2FNO. The Hall–Kier alpha value is -0.800. The molecule has 98 valence electrons. The smallest absolute Gasteiger partial charge is 0.256 e. The van der Waals surface area contributed by atoms with Crippen molar-refractivity contribution in [2.75, 3.05) is 0 Å². The fraction of sp³-hybridized carbons (Fsp3) is 0.462. The quantitative estimate of drug-likeness (QED) is 0.826. The summed E-state index contributed by atoms with van der Waals surface area (Å²) in [6.45, 7) is 0. The Bertz CT molecular complexity index is 432. The van der Waals surface area contributed by atoms with E-state index in [4.69, 9.17) is 23.2 Å². The monoisotopic (exact) mass is 289 g/mol. The van der Waals surface area contributed by atoms with Crippen molar-refractivity contribution < 1.29 is 9.18 Å². The third-order valence-electron chi connectivity index (χ3n) is 3.19. The van der Waals surface area contributed by atoms with Gasteiger partial charge in [0.25, 0.3) is 5.91 Å². The van der Waals surface area contributed by atoms with Crippen LogP contribution in [0.1, 0.15) is 36.0 Å². The largest absolute Gasteiger partial charge is 0.348 e. The molecule has 1 saturated carbocycles. The number of nitrogens with one attached hydrogen (secondary N) is 1. The second-order valence-corrected chi connectivity index (χ2v) is 5.44. The van der Waals surface area contributed by atoms with E-state index in [1.54, 1.807) is 0 Å². The highest BCUT2D eigenvalue weighted by Crippen LogP contribution is 2.24. The first-order valence-corrected chi connectivity index (χ1v) is 6.80. The lowest BCUT2D eigenvalue weighted by Crippen LogP contribution is -2.43. The topological polar surface area (TPSA) is 29.1 Å². The van der Waals surface area contributed by atoms with Gasteiger partial charge in [0.2, 0.25) is 0 Å². The summed E-state index contributed by atoms with van der Waals surface area (Å²) in [5.74, 6) is -1.10. The predicted molar refractivity (Wildman–Crippen MR) is 70.8 cm³/mol. The lowest BCUT2D eigenvalue weighted by Gasteiger charge is -2.28. The van der Waals surface area contributed by atoms with Crippen LogP contribution in [0.25, 0.3) is 0 Å². The molecule has 2 atom stereocenters. The Labute approximate surface area is 115 Å². The fourth-order valence-corrected chi connectivity index (χ4v) is 2.80. The van der Waals surface area contributed by atoms with E-state index in [2.05, 4.69) is 5.32 Å². The normalized spacial score (nSPS) is 23.7. The number of carbonyl (C=O) groups excluding carboxylic acids is 1. The van der Waals surface area contributed by atoms with Crippen molar-refractivity contribution in [1.29, 1.82) is 0 Å². The molecule has 0 heterocycles. The summed E-state index contributed by atoms with van der Waals surface area (Å²) in [5, 5.41) is 2.80. The molecule has 1 aliphatic carbocycles. The first kappa shape index (κ1) is 13.6. The number of carbonyl (C=O) groups is 1. The lowest BCUT2D eigenvalue weighted by molar-refractivity contribution is 0.0925. The van der Waals surface area contributed by atoms with Gasteiger partial charge in [0, 0.05) is 6.04 Å². The van der Waals surface area contributed by atoms with E-state index >= 15 is 0 Å². The van der Waals surface area contributed by atoms with Gasteiger partial charge in [0.15, 0.2) is 0 Å². The summed E-state index contributed by atoms with van der Waals surface area (Å²) in [6.07, 6.45) is 3.80. The zero-order chi connectivity index (χ0) is 13.1. The summed E-state index contributed by atoms with van der Waals surface area (Å²) in [4.78, 5) is 12.0. The van der Waals surface area contributed by atoms with Crippen LogP contribution in [0.2, 0.25) is 5.02 Å². The molecule has 1 fully saturated rings. The summed E-state index contributed by atoms with van der Waals surface area (Å²) in [5.41, 5.74) is -0.103. The van der Waals surface area contributed by atoms with Gasteiger partial charge < -0.3 is 5.32 Å². The van der Waals surface area contributed by atoms with Crippen molar-refractivity contribution in [3.63, 3.8) is 0 Å². The highest BCUT2D eigenvalue weighted by molar-refractivity contribution is 6.33. The van der Waals surface area contributed by atoms with Gasteiger partial charge in [-0.15, -0.1) is 11.6 Å². The second-order valence-electron chi connectivity index (χ2n) is 4.48. The zero-order valence-corrected chi connectivity index (χ0v) is 11.3. The van der Waals surface area contributed by atoms with Crippen LogP contribution in [0.4, 0.5) is 4.39 Å². The van der Waals surface area contributed by atoms with Crippen molar-refractivity contribution in [2.45, 2.75) is 37.1 Å². The van der Waals surface area contributed by atoms with Gasteiger partial charge in [-0.05, 0) is 25.0 Å². The van der Waals surface area contributed by atoms with Crippen molar-refractivity contribution in [1.82, 2.24) is 5.32 Å². The Morgan fingerprint density at radius 3 is 2.72 bits per heavy atom. The summed E-state index contributed by atoms with van der Waals surface area (Å²) < 4.78 is 13.6. The number of amides is 1. The minimum absolute atomic E-state index is 0.0896. The van der Waals surface area contributed by atoms with Crippen molar-refractivity contribution >= 4 is 29.1 Å². The molecule has 0 aromatic heterocycles. The molecule has 2 nitrogen and oxygen atoms in total. The Balaban J connectivity index is 2.12. The number of rotatable bonds is 2. The lowest BCUT2D eigenvalue weighted by atomic mass is 9.94.